The number of piperazine rings is 1. The topological polar surface area (TPSA) is 40.9 Å². The van der Waals surface area contributed by atoms with Crippen LogP contribution in [0.15, 0.2) is 54.7 Å². The standard InChI is InChI=1S/C22H27N3O2/c1-23-15-20(19-5-3-4-6-21(19)23)22(26)16-24-11-13-25(14-12-24)17-7-9-18(27-2)10-8-17/h3-10,15,22,26H,11-14,16H2,1-2H3. The first-order valence-electron chi connectivity index (χ1n) is 9.49. The van der Waals surface area contributed by atoms with Gasteiger partial charge >= 0.3 is 0 Å². The number of aryl methyl sites for hydroxylation is 1. The normalized spacial score (nSPS) is 16.6. The smallest absolute Gasteiger partial charge is 0.119 e. The molecule has 0 radical (unpaired) electrons. The van der Waals surface area contributed by atoms with Crippen LogP contribution in [0.25, 0.3) is 10.9 Å². The van der Waals surface area contributed by atoms with Gasteiger partial charge in [-0.25, -0.2) is 0 Å². The van der Waals surface area contributed by atoms with Crippen LogP contribution in [0.2, 0.25) is 0 Å². The Balaban J connectivity index is 1.38. The minimum Gasteiger partial charge on any atom is -0.497 e. The van der Waals surface area contributed by atoms with E-state index in [2.05, 4.69) is 44.8 Å². The lowest BCUT2D eigenvalue weighted by molar-refractivity contribution is 0.110. The number of β-amino-alcohol motifs (C(OH)–C–C–N with tert-alkyl or cyclic N) is 1. The van der Waals surface area contributed by atoms with Crippen molar-refractivity contribution in [2.24, 2.45) is 7.05 Å². The molecule has 1 aliphatic heterocycles. The second-order valence-electron chi connectivity index (χ2n) is 7.21. The lowest BCUT2D eigenvalue weighted by Crippen LogP contribution is -2.47. The van der Waals surface area contributed by atoms with Gasteiger partial charge in [0.15, 0.2) is 0 Å². The van der Waals surface area contributed by atoms with Crippen molar-refractivity contribution in [2.75, 3.05) is 44.7 Å². The molecule has 0 amide bonds. The summed E-state index contributed by atoms with van der Waals surface area (Å²) in [6.07, 6.45) is 1.59. The number of aromatic nitrogens is 1. The van der Waals surface area contributed by atoms with E-state index in [4.69, 9.17) is 4.74 Å². The monoisotopic (exact) mass is 365 g/mol. The summed E-state index contributed by atoms with van der Waals surface area (Å²) in [5.41, 5.74) is 3.41. The molecule has 1 unspecified atom stereocenters. The number of fused-ring (bicyclic) bond motifs is 1. The van der Waals surface area contributed by atoms with Crippen LogP contribution in [-0.4, -0.2) is 54.4 Å². The zero-order chi connectivity index (χ0) is 18.8. The molecule has 0 saturated carbocycles. The number of para-hydroxylation sites is 1. The molecular weight excluding hydrogens is 338 g/mol. The number of aliphatic hydroxyl groups excluding tert-OH is 1. The maximum absolute atomic E-state index is 10.8. The van der Waals surface area contributed by atoms with Crippen molar-refractivity contribution >= 4 is 16.6 Å². The van der Waals surface area contributed by atoms with E-state index in [0.29, 0.717) is 6.54 Å². The second kappa shape index (κ2) is 7.62. The first kappa shape index (κ1) is 17.9. The summed E-state index contributed by atoms with van der Waals surface area (Å²) in [5, 5.41) is 12.0. The third-order valence-electron chi connectivity index (χ3n) is 5.53. The molecule has 5 nitrogen and oxygen atoms in total. The quantitative estimate of drug-likeness (QED) is 0.755. The van der Waals surface area contributed by atoms with Crippen molar-refractivity contribution in [3.8, 4) is 5.75 Å². The fourth-order valence-electron chi connectivity index (χ4n) is 3.96. The Morgan fingerprint density at radius 1 is 1.00 bits per heavy atom. The third kappa shape index (κ3) is 3.66. The van der Waals surface area contributed by atoms with Gasteiger partial charge in [0.1, 0.15) is 5.75 Å². The molecule has 3 aromatic rings. The maximum Gasteiger partial charge on any atom is 0.119 e. The van der Waals surface area contributed by atoms with Gasteiger partial charge in [0.2, 0.25) is 0 Å². The van der Waals surface area contributed by atoms with Crippen LogP contribution in [0.1, 0.15) is 11.7 Å². The van der Waals surface area contributed by atoms with E-state index in [-0.39, 0.29) is 0 Å². The summed E-state index contributed by atoms with van der Waals surface area (Å²) >= 11 is 0. The Morgan fingerprint density at radius 2 is 1.70 bits per heavy atom. The highest BCUT2D eigenvalue weighted by molar-refractivity contribution is 5.84. The van der Waals surface area contributed by atoms with E-state index in [0.717, 1.165) is 48.4 Å². The Labute approximate surface area is 160 Å². The zero-order valence-electron chi connectivity index (χ0n) is 16.0. The molecule has 1 atom stereocenters. The first-order chi connectivity index (χ1) is 13.2. The fraction of sp³-hybridized carbons (Fsp3) is 0.364. The molecule has 1 fully saturated rings. The molecule has 0 bridgehead atoms. The maximum atomic E-state index is 10.8. The van der Waals surface area contributed by atoms with Gasteiger partial charge in [-0.15, -0.1) is 0 Å². The number of nitrogens with zero attached hydrogens (tertiary/aromatic N) is 3. The molecule has 1 aliphatic rings. The number of anilines is 1. The number of benzene rings is 2. The molecule has 2 heterocycles. The number of aliphatic hydroxyl groups is 1. The second-order valence-corrected chi connectivity index (χ2v) is 7.21. The Morgan fingerprint density at radius 3 is 2.41 bits per heavy atom. The van der Waals surface area contributed by atoms with Crippen LogP contribution < -0.4 is 9.64 Å². The molecule has 27 heavy (non-hydrogen) atoms. The number of rotatable bonds is 5. The summed E-state index contributed by atoms with van der Waals surface area (Å²) in [5.74, 6) is 0.885. The van der Waals surface area contributed by atoms with Crippen molar-refractivity contribution in [1.82, 2.24) is 9.47 Å². The molecule has 2 aromatic carbocycles. The Bertz CT molecular complexity index is 896. The molecule has 4 rings (SSSR count). The van der Waals surface area contributed by atoms with E-state index in [1.54, 1.807) is 7.11 Å². The largest absolute Gasteiger partial charge is 0.497 e. The van der Waals surface area contributed by atoms with Gasteiger partial charge in [0.25, 0.3) is 0 Å². The number of hydrogen-bond donors (Lipinski definition) is 1. The van der Waals surface area contributed by atoms with Crippen LogP contribution in [0, 0.1) is 0 Å². The number of hydrogen-bond acceptors (Lipinski definition) is 4. The minimum absolute atomic E-state index is 0.469. The molecular formula is C22H27N3O2. The predicted molar refractivity (Wildman–Crippen MR) is 110 cm³/mol. The van der Waals surface area contributed by atoms with Gasteiger partial charge in [-0.05, 0) is 30.3 Å². The third-order valence-corrected chi connectivity index (χ3v) is 5.53. The van der Waals surface area contributed by atoms with Crippen molar-refractivity contribution < 1.29 is 9.84 Å². The van der Waals surface area contributed by atoms with Crippen molar-refractivity contribution in [3.05, 3.63) is 60.3 Å². The van der Waals surface area contributed by atoms with Gasteiger partial charge in [-0.3, -0.25) is 4.90 Å². The van der Waals surface area contributed by atoms with E-state index in [1.807, 2.05) is 31.3 Å². The van der Waals surface area contributed by atoms with Crippen LogP contribution >= 0.6 is 0 Å². The number of ether oxygens (including phenoxy) is 1. The predicted octanol–water partition coefficient (Wildman–Crippen LogP) is 3.04. The Hall–Kier alpha value is -2.50. The summed E-state index contributed by atoms with van der Waals surface area (Å²) < 4.78 is 7.33. The first-order valence-corrected chi connectivity index (χ1v) is 9.49. The van der Waals surface area contributed by atoms with E-state index < -0.39 is 6.10 Å². The average Bonchev–Trinajstić information content (AvgIpc) is 3.06. The van der Waals surface area contributed by atoms with E-state index in [9.17, 15) is 5.11 Å². The van der Waals surface area contributed by atoms with Crippen LogP contribution in [-0.2, 0) is 7.05 Å². The molecule has 1 N–H and O–H groups in total. The van der Waals surface area contributed by atoms with Gasteiger partial charge in [0, 0.05) is 68.1 Å². The lowest BCUT2D eigenvalue weighted by atomic mass is 10.1. The molecule has 0 aliphatic carbocycles. The highest BCUT2D eigenvalue weighted by atomic mass is 16.5. The lowest BCUT2D eigenvalue weighted by Gasteiger charge is -2.37. The van der Waals surface area contributed by atoms with Crippen molar-refractivity contribution in [1.29, 1.82) is 0 Å². The Kier molecular flexibility index (Phi) is 5.05. The van der Waals surface area contributed by atoms with Crippen molar-refractivity contribution in [3.63, 3.8) is 0 Å². The van der Waals surface area contributed by atoms with Gasteiger partial charge in [-0.1, -0.05) is 18.2 Å². The summed E-state index contributed by atoms with van der Waals surface area (Å²) in [7, 11) is 3.72. The van der Waals surface area contributed by atoms with Gasteiger partial charge in [0.05, 0.1) is 13.2 Å². The average molecular weight is 365 g/mol. The highest BCUT2D eigenvalue weighted by Gasteiger charge is 2.22. The molecule has 5 heteroatoms. The van der Waals surface area contributed by atoms with Crippen LogP contribution in [0.5, 0.6) is 5.75 Å². The van der Waals surface area contributed by atoms with E-state index >= 15 is 0 Å². The SMILES string of the molecule is COc1ccc(N2CCN(CC(O)c3cn(C)c4ccccc34)CC2)cc1. The van der Waals surface area contributed by atoms with E-state index in [1.165, 1.54) is 5.69 Å². The number of methoxy groups -OCH3 is 1. The zero-order valence-corrected chi connectivity index (χ0v) is 16.0. The van der Waals surface area contributed by atoms with Crippen LogP contribution in [0.3, 0.4) is 0 Å². The molecule has 1 saturated heterocycles. The highest BCUT2D eigenvalue weighted by Crippen LogP contribution is 2.27. The molecule has 142 valence electrons. The van der Waals surface area contributed by atoms with Gasteiger partial charge in [-0.2, -0.15) is 0 Å². The summed E-state index contributed by atoms with van der Waals surface area (Å²) in [4.78, 5) is 4.74. The van der Waals surface area contributed by atoms with Crippen LogP contribution in [0.4, 0.5) is 5.69 Å². The fourth-order valence-corrected chi connectivity index (χ4v) is 3.96. The molecule has 0 spiro atoms. The summed E-state index contributed by atoms with van der Waals surface area (Å²) in [6, 6.07) is 16.5. The molecule has 1 aromatic heterocycles. The van der Waals surface area contributed by atoms with Crippen molar-refractivity contribution in [2.45, 2.75) is 6.10 Å². The minimum atomic E-state index is -0.469. The van der Waals surface area contributed by atoms with Gasteiger partial charge < -0.3 is 19.3 Å². The summed E-state index contributed by atoms with van der Waals surface area (Å²) in [6.45, 7) is 4.51.